The highest BCUT2D eigenvalue weighted by atomic mass is 35.5. The van der Waals surface area contributed by atoms with Crippen LogP contribution >= 0.6 is 11.6 Å². The van der Waals surface area contributed by atoms with E-state index in [9.17, 15) is 38.8 Å². The number of nitro benzene ring substituents is 1. The molecule has 1 N–H and O–H groups in total. The number of halogens is 2. The van der Waals surface area contributed by atoms with Crippen LogP contribution in [0, 0.1) is 45.0 Å². The number of phenols is 1. The van der Waals surface area contributed by atoms with Crippen molar-refractivity contribution >= 4 is 63.1 Å². The third-order valence-electron chi connectivity index (χ3n) is 11.0. The summed E-state index contributed by atoms with van der Waals surface area (Å²) in [4.78, 5) is 70.3. The number of anilines is 2. The summed E-state index contributed by atoms with van der Waals surface area (Å²) in [7, 11) is 0. The van der Waals surface area contributed by atoms with E-state index >= 15 is 0 Å². The molecule has 6 unspecified atom stereocenters. The number of phenolic OH excluding ortho intramolecular Hbond substituents is 1. The summed E-state index contributed by atoms with van der Waals surface area (Å²) < 4.78 is 14.2. The second kappa shape index (κ2) is 10.8. The Balaban J connectivity index is 1.30. The first-order valence-electron chi connectivity index (χ1n) is 15.8. The van der Waals surface area contributed by atoms with Crippen LogP contribution in [0.5, 0.6) is 5.75 Å². The van der Waals surface area contributed by atoms with Gasteiger partial charge < -0.3 is 5.11 Å². The molecule has 0 bridgehead atoms. The number of amides is 4. The van der Waals surface area contributed by atoms with Gasteiger partial charge in [0.25, 0.3) is 5.69 Å². The van der Waals surface area contributed by atoms with Gasteiger partial charge in [-0.05, 0) is 67.0 Å². The quantitative estimate of drug-likeness (QED) is 0.110. The molecule has 2 saturated heterocycles. The zero-order valence-corrected chi connectivity index (χ0v) is 26.6. The van der Waals surface area contributed by atoms with E-state index in [-0.39, 0.29) is 40.7 Å². The molecule has 2 aliphatic carbocycles. The zero-order chi connectivity index (χ0) is 34.5. The highest BCUT2D eigenvalue weighted by Crippen LogP contribution is 2.64. The average molecular weight is 680 g/mol. The van der Waals surface area contributed by atoms with Crippen LogP contribution in [0.15, 0.2) is 90.5 Å². The zero-order valence-electron chi connectivity index (χ0n) is 25.9. The van der Waals surface area contributed by atoms with Gasteiger partial charge in [-0.15, -0.1) is 0 Å². The molecule has 4 aromatic carbocycles. The fourth-order valence-electron chi connectivity index (χ4n) is 8.79. The van der Waals surface area contributed by atoms with Gasteiger partial charge >= 0.3 is 0 Å². The second-order valence-electron chi connectivity index (χ2n) is 13.3. The number of nitrogens with zero attached hydrogens (tertiary/aromatic N) is 3. The molecule has 49 heavy (non-hydrogen) atoms. The number of aromatic hydroxyl groups is 1. The number of rotatable bonds is 4. The minimum Gasteiger partial charge on any atom is -0.507 e. The summed E-state index contributed by atoms with van der Waals surface area (Å²) >= 11 is 6.09. The first-order chi connectivity index (χ1) is 23.4. The predicted molar refractivity (Wildman–Crippen MR) is 177 cm³/mol. The van der Waals surface area contributed by atoms with Crippen LogP contribution < -0.4 is 9.80 Å². The van der Waals surface area contributed by atoms with E-state index < -0.39 is 69.4 Å². The number of hydrogen-bond donors (Lipinski definition) is 1. The van der Waals surface area contributed by atoms with Crippen molar-refractivity contribution in [3.05, 3.63) is 117 Å². The number of fused-ring (bicyclic) bond motifs is 5. The van der Waals surface area contributed by atoms with E-state index in [2.05, 4.69) is 0 Å². The number of benzene rings is 4. The normalized spacial score (nSPS) is 27.7. The molecule has 0 aromatic heterocycles. The lowest BCUT2D eigenvalue weighted by Gasteiger charge is -2.49. The molecule has 4 aliphatic rings. The Kier molecular flexibility index (Phi) is 6.80. The first-order valence-corrected chi connectivity index (χ1v) is 16.2. The SMILES string of the molecule is CC12C(=O)N(c3ccc(F)c(Cl)c3)C(=O)C1CC1C(=CCC3C(=O)N(c4cccc([N+](=O)[O-])c4)C(=O)C31)C2c1ccc(O)c2ccccc12. The molecule has 1 saturated carbocycles. The Morgan fingerprint density at radius 2 is 1.61 bits per heavy atom. The van der Waals surface area contributed by atoms with E-state index in [1.165, 1.54) is 36.4 Å². The minimum atomic E-state index is -1.38. The summed E-state index contributed by atoms with van der Waals surface area (Å²) in [5.41, 5.74) is -0.0343. The molecule has 10 nitrogen and oxygen atoms in total. The third kappa shape index (κ3) is 4.24. The highest BCUT2D eigenvalue weighted by molar-refractivity contribution is 6.32. The number of allylic oxidation sites excluding steroid dienone is 2. The Morgan fingerprint density at radius 3 is 2.35 bits per heavy atom. The van der Waals surface area contributed by atoms with Gasteiger partial charge in [0, 0.05) is 23.4 Å². The molecule has 3 fully saturated rings. The minimum absolute atomic E-state index is 0.0340. The number of nitro groups is 1. The van der Waals surface area contributed by atoms with E-state index in [0.717, 1.165) is 21.4 Å². The molecule has 0 radical (unpaired) electrons. The van der Waals surface area contributed by atoms with Crippen molar-refractivity contribution < 1.29 is 33.6 Å². The van der Waals surface area contributed by atoms with Gasteiger partial charge in [-0.2, -0.15) is 0 Å². The summed E-state index contributed by atoms with van der Waals surface area (Å²) in [6, 6.07) is 19.4. The van der Waals surface area contributed by atoms with Crippen molar-refractivity contribution in [2.45, 2.75) is 25.7 Å². The molecule has 2 heterocycles. The van der Waals surface area contributed by atoms with Gasteiger partial charge in [-0.25, -0.2) is 14.2 Å². The molecule has 4 amide bonds. The van der Waals surface area contributed by atoms with Crippen LogP contribution in [-0.4, -0.2) is 33.7 Å². The van der Waals surface area contributed by atoms with Crippen LogP contribution in [0.1, 0.15) is 31.2 Å². The Bertz CT molecular complexity index is 2220. The first kappa shape index (κ1) is 30.9. The van der Waals surface area contributed by atoms with E-state index in [0.29, 0.717) is 16.3 Å². The third-order valence-corrected chi connectivity index (χ3v) is 11.3. The molecule has 4 aromatic rings. The second-order valence-corrected chi connectivity index (χ2v) is 13.7. The van der Waals surface area contributed by atoms with E-state index in [1.807, 2.05) is 12.1 Å². The van der Waals surface area contributed by atoms with Crippen LogP contribution in [0.25, 0.3) is 10.8 Å². The summed E-state index contributed by atoms with van der Waals surface area (Å²) in [5.74, 6) is -6.73. The lowest BCUT2D eigenvalue weighted by Crippen LogP contribution is -2.49. The lowest BCUT2D eigenvalue weighted by molar-refractivity contribution is -0.384. The molecule has 8 rings (SSSR count). The van der Waals surface area contributed by atoms with Gasteiger partial charge in [0.2, 0.25) is 23.6 Å². The number of non-ortho nitro benzene ring substituents is 1. The molecular formula is C37H27ClFN3O7. The van der Waals surface area contributed by atoms with Crippen molar-refractivity contribution in [3.63, 3.8) is 0 Å². The van der Waals surface area contributed by atoms with Crippen molar-refractivity contribution in [2.24, 2.45) is 29.1 Å². The summed E-state index contributed by atoms with van der Waals surface area (Å²) in [6.07, 6.45) is 2.16. The smallest absolute Gasteiger partial charge is 0.271 e. The van der Waals surface area contributed by atoms with Gasteiger partial charge in [0.1, 0.15) is 11.6 Å². The predicted octanol–water partition coefficient (Wildman–Crippen LogP) is 6.68. The van der Waals surface area contributed by atoms with Crippen molar-refractivity contribution in [1.82, 2.24) is 0 Å². The number of imide groups is 2. The maximum atomic E-state index is 14.7. The molecule has 246 valence electrons. The highest BCUT2D eigenvalue weighted by Gasteiger charge is 2.67. The van der Waals surface area contributed by atoms with Gasteiger partial charge in [0.15, 0.2) is 0 Å². The van der Waals surface area contributed by atoms with Crippen molar-refractivity contribution in [2.75, 3.05) is 9.80 Å². The Labute approximate surface area is 283 Å². The van der Waals surface area contributed by atoms with Crippen molar-refractivity contribution in [3.8, 4) is 5.75 Å². The molecule has 6 atom stereocenters. The number of carbonyl (C=O) groups excluding carboxylic acids is 4. The largest absolute Gasteiger partial charge is 0.507 e. The molecule has 12 heteroatoms. The number of carbonyl (C=O) groups is 4. The topological polar surface area (TPSA) is 138 Å². The van der Waals surface area contributed by atoms with E-state index in [4.69, 9.17) is 11.6 Å². The van der Waals surface area contributed by atoms with Gasteiger partial charge in [0.05, 0.1) is 44.5 Å². The maximum Gasteiger partial charge on any atom is 0.271 e. The maximum absolute atomic E-state index is 14.7. The Hall–Kier alpha value is -5.42. The van der Waals surface area contributed by atoms with Crippen molar-refractivity contribution in [1.29, 1.82) is 0 Å². The molecule has 0 spiro atoms. The molecule has 2 aliphatic heterocycles. The van der Waals surface area contributed by atoms with Crippen LogP contribution in [-0.2, 0) is 19.2 Å². The van der Waals surface area contributed by atoms with Crippen LogP contribution in [0.4, 0.5) is 21.5 Å². The Morgan fingerprint density at radius 1 is 0.878 bits per heavy atom. The van der Waals surface area contributed by atoms with E-state index in [1.54, 1.807) is 37.3 Å². The van der Waals surface area contributed by atoms with Gasteiger partial charge in [-0.3, -0.25) is 29.3 Å². The monoisotopic (exact) mass is 679 g/mol. The number of hydrogen-bond acceptors (Lipinski definition) is 7. The van der Waals surface area contributed by atoms with Crippen LogP contribution in [0.2, 0.25) is 5.02 Å². The fourth-order valence-corrected chi connectivity index (χ4v) is 8.96. The summed E-state index contributed by atoms with van der Waals surface area (Å²) in [6.45, 7) is 1.73. The van der Waals surface area contributed by atoms with Gasteiger partial charge in [-0.1, -0.05) is 59.6 Å². The van der Waals surface area contributed by atoms with Crippen LogP contribution in [0.3, 0.4) is 0 Å². The summed E-state index contributed by atoms with van der Waals surface area (Å²) in [5, 5.41) is 23.2. The standard InChI is InChI=1S/C37H27ClFN3O7/c1-37-27(34(45)41(36(37)47)19-9-13-29(39)28(38)16-19)17-26-24(32(37)23-12-14-30(43)22-8-3-2-7-21(22)23)10-11-25-31(26)35(46)40(33(25)44)18-5-4-6-20(15-18)42(48)49/h2-10,12-16,25-27,31-32,43H,11,17H2,1H3. The lowest BCUT2D eigenvalue weighted by atomic mass is 9.51. The fraction of sp³-hybridized carbons (Fsp3) is 0.243. The molecular weight excluding hydrogens is 653 g/mol. The average Bonchev–Trinajstić information content (AvgIpc) is 3.46.